The molecule has 0 aromatic carbocycles. The molecule has 0 amide bonds. The highest BCUT2D eigenvalue weighted by molar-refractivity contribution is 7.99. The van der Waals surface area contributed by atoms with Crippen LogP contribution in [0.15, 0.2) is 16.5 Å². The molecule has 1 saturated heterocycles. The monoisotopic (exact) mass is 286 g/mol. The van der Waals surface area contributed by atoms with E-state index in [-0.39, 0.29) is 18.3 Å². The first-order chi connectivity index (χ1) is 9.06. The van der Waals surface area contributed by atoms with Crippen LogP contribution in [0.2, 0.25) is 0 Å². The zero-order valence-electron chi connectivity index (χ0n) is 10.2. The van der Waals surface area contributed by atoms with Gasteiger partial charge in [-0.25, -0.2) is 0 Å². The summed E-state index contributed by atoms with van der Waals surface area (Å²) in [6, 6.07) is 2.83. The third-order valence-corrected chi connectivity index (χ3v) is 4.04. The summed E-state index contributed by atoms with van der Waals surface area (Å²) in [5.41, 5.74) is 0. The van der Waals surface area contributed by atoms with Gasteiger partial charge in [0, 0.05) is 24.1 Å². The van der Waals surface area contributed by atoms with Crippen molar-refractivity contribution in [1.82, 2.24) is 4.90 Å². The predicted octanol–water partition coefficient (Wildman–Crippen LogP) is 1.58. The number of nitro groups is 1. The molecule has 1 aliphatic rings. The number of carboxylic acid groups (broad SMARTS) is 1. The van der Waals surface area contributed by atoms with Crippen molar-refractivity contribution in [2.75, 3.05) is 18.1 Å². The molecule has 104 valence electrons. The van der Waals surface area contributed by atoms with Crippen LogP contribution in [0, 0.1) is 10.1 Å². The van der Waals surface area contributed by atoms with Gasteiger partial charge in [-0.1, -0.05) is 0 Å². The Bertz CT molecular complexity index is 475. The molecule has 1 atom stereocenters. The lowest BCUT2D eigenvalue weighted by Gasteiger charge is -2.33. The van der Waals surface area contributed by atoms with Gasteiger partial charge in [0.1, 0.15) is 10.7 Å². The Balaban J connectivity index is 2.01. The van der Waals surface area contributed by atoms with Crippen LogP contribution in [0.3, 0.4) is 0 Å². The van der Waals surface area contributed by atoms with E-state index in [2.05, 4.69) is 0 Å². The second-order valence-electron chi connectivity index (χ2n) is 4.29. The number of hydrogen-bond donors (Lipinski definition) is 1. The van der Waals surface area contributed by atoms with E-state index >= 15 is 0 Å². The minimum atomic E-state index is -0.831. The molecular formula is C11H14N2O5S. The average molecular weight is 286 g/mol. The molecule has 0 spiro atoms. The zero-order chi connectivity index (χ0) is 13.8. The van der Waals surface area contributed by atoms with Gasteiger partial charge in [0.25, 0.3) is 0 Å². The Morgan fingerprint density at radius 3 is 3.05 bits per heavy atom. The summed E-state index contributed by atoms with van der Waals surface area (Å²) in [7, 11) is 0. The summed E-state index contributed by atoms with van der Waals surface area (Å²) in [5, 5.41) is 19.4. The molecule has 2 heterocycles. The molecule has 8 heteroatoms. The molecule has 1 aliphatic heterocycles. The summed E-state index contributed by atoms with van der Waals surface area (Å²) in [4.78, 5) is 22.8. The van der Waals surface area contributed by atoms with Crippen LogP contribution < -0.4 is 0 Å². The molecule has 0 saturated carbocycles. The molecule has 1 N–H and O–H groups in total. The van der Waals surface area contributed by atoms with Crippen molar-refractivity contribution in [3.05, 3.63) is 28.0 Å². The highest BCUT2D eigenvalue weighted by Gasteiger charge is 2.26. The minimum Gasteiger partial charge on any atom is -0.481 e. The van der Waals surface area contributed by atoms with E-state index in [1.807, 2.05) is 4.90 Å². The van der Waals surface area contributed by atoms with Gasteiger partial charge in [-0.3, -0.25) is 19.8 Å². The maximum Gasteiger partial charge on any atom is 0.433 e. The summed E-state index contributed by atoms with van der Waals surface area (Å²) in [5.74, 6) is 1.07. The van der Waals surface area contributed by atoms with Gasteiger partial charge < -0.3 is 9.52 Å². The minimum absolute atomic E-state index is 0.0552. The number of aliphatic carboxylic acids is 1. The quantitative estimate of drug-likeness (QED) is 0.648. The van der Waals surface area contributed by atoms with E-state index < -0.39 is 10.9 Å². The second kappa shape index (κ2) is 6.07. The molecule has 1 unspecified atom stereocenters. The molecule has 7 nitrogen and oxygen atoms in total. The molecule has 0 aliphatic carbocycles. The maximum absolute atomic E-state index is 10.8. The van der Waals surface area contributed by atoms with Gasteiger partial charge in [0.15, 0.2) is 0 Å². The fraction of sp³-hybridized carbons (Fsp3) is 0.545. The van der Waals surface area contributed by atoms with Crippen LogP contribution in [-0.2, 0) is 11.3 Å². The van der Waals surface area contributed by atoms with Crippen molar-refractivity contribution in [2.24, 2.45) is 0 Å². The first-order valence-corrected chi connectivity index (χ1v) is 6.98. The number of rotatable bonds is 5. The van der Waals surface area contributed by atoms with Gasteiger partial charge in [0.05, 0.1) is 19.0 Å². The number of furan rings is 1. The van der Waals surface area contributed by atoms with Crippen molar-refractivity contribution in [2.45, 2.75) is 19.0 Å². The first kappa shape index (κ1) is 13.9. The SMILES string of the molecule is O=C(O)CC1CSCCN1Cc1ccc([N+](=O)[O-])o1. The van der Waals surface area contributed by atoms with Gasteiger partial charge >= 0.3 is 11.9 Å². The Kier molecular flexibility index (Phi) is 4.43. The van der Waals surface area contributed by atoms with Crippen LogP contribution in [-0.4, -0.2) is 45.0 Å². The highest BCUT2D eigenvalue weighted by Crippen LogP contribution is 2.23. The summed E-state index contributed by atoms with van der Waals surface area (Å²) in [6.45, 7) is 1.17. The van der Waals surface area contributed by atoms with Crippen LogP contribution in [0.25, 0.3) is 0 Å². The van der Waals surface area contributed by atoms with Crippen LogP contribution in [0.1, 0.15) is 12.2 Å². The predicted molar refractivity (Wildman–Crippen MR) is 69.1 cm³/mol. The number of carboxylic acids is 1. The van der Waals surface area contributed by atoms with E-state index in [0.717, 1.165) is 18.1 Å². The molecule has 1 aromatic rings. The molecule has 1 aromatic heterocycles. The summed E-state index contributed by atoms with van der Waals surface area (Å²) in [6.07, 6.45) is 0.0792. The highest BCUT2D eigenvalue weighted by atomic mass is 32.2. The zero-order valence-corrected chi connectivity index (χ0v) is 11.0. The second-order valence-corrected chi connectivity index (χ2v) is 5.44. The summed E-state index contributed by atoms with van der Waals surface area (Å²) < 4.78 is 5.11. The number of hydrogen-bond acceptors (Lipinski definition) is 6. The molecule has 19 heavy (non-hydrogen) atoms. The Hall–Kier alpha value is -1.54. The van der Waals surface area contributed by atoms with E-state index in [4.69, 9.17) is 9.52 Å². The van der Waals surface area contributed by atoms with E-state index in [1.54, 1.807) is 17.8 Å². The van der Waals surface area contributed by atoms with Crippen molar-refractivity contribution >= 4 is 23.6 Å². The van der Waals surface area contributed by atoms with Gasteiger partial charge in [-0.2, -0.15) is 11.8 Å². The van der Waals surface area contributed by atoms with Crippen molar-refractivity contribution in [1.29, 1.82) is 0 Å². The molecule has 0 radical (unpaired) electrons. The molecular weight excluding hydrogens is 272 g/mol. The van der Waals surface area contributed by atoms with Crippen molar-refractivity contribution < 1.29 is 19.2 Å². The number of nitrogens with zero attached hydrogens (tertiary/aromatic N) is 2. The normalized spacial score (nSPS) is 20.3. The van der Waals surface area contributed by atoms with Crippen molar-refractivity contribution in [3.8, 4) is 0 Å². The van der Waals surface area contributed by atoms with Crippen LogP contribution in [0.4, 0.5) is 5.88 Å². The lowest BCUT2D eigenvalue weighted by atomic mass is 10.2. The van der Waals surface area contributed by atoms with Crippen LogP contribution >= 0.6 is 11.8 Å². The molecule has 0 bridgehead atoms. The number of carbonyl (C=O) groups is 1. The first-order valence-electron chi connectivity index (χ1n) is 5.83. The third kappa shape index (κ3) is 3.71. The van der Waals surface area contributed by atoms with E-state index in [9.17, 15) is 14.9 Å². The van der Waals surface area contributed by atoms with E-state index in [1.165, 1.54) is 6.07 Å². The fourth-order valence-electron chi connectivity index (χ4n) is 2.04. The topological polar surface area (TPSA) is 96.8 Å². The standard InChI is InChI=1S/C11H14N2O5S/c14-11(15)5-8-7-19-4-3-12(8)6-9-1-2-10(18-9)13(16)17/h1-2,8H,3-7H2,(H,14,15). The van der Waals surface area contributed by atoms with E-state index in [0.29, 0.717) is 12.3 Å². The third-order valence-electron chi connectivity index (χ3n) is 2.95. The molecule has 1 fully saturated rings. The Labute approximate surface area is 113 Å². The van der Waals surface area contributed by atoms with Crippen LogP contribution in [0.5, 0.6) is 0 Å². The summed E-state index contributed by atoms with van der Waals surface area (Å²) >= 11 is 1.73. The lowest BCUT2D eigenvalue weighted by molar-refractivity contribution is -0.402. The molecule has 2 rings (SSSR count). The Morgan fingerprint density at radius 1 is 1.63 bits per heavy atom. The smallest absolute Gasteiger partial charge is 0.433 e. The van der Waals surface area contributed by atoms with Gasteiger partial charge in [-0.15, -0.1) is 0 Å². The average Bonchev–Trinajstić information content (AvgIpc) is 2.80. The van der Waals surface area contributed by atoms with Gasteiger partial charge in [0.2, 0.25) is 0 Å². The van der Waals surface area contributed by atoms with Gasteiger partial charge in [-0.05, 0) is 6.07 Å². The Morgan fingerprint density at radius 2 is 2.42 bits per heavy atom. The lowest BCUT2D eigenvalue weighted by Crippen LogP contribution is -2.42. The maximum atomic E-state index is 10.8. The fourth-order valence-corrected chi connectivity index (χ4v) is 3.17. The largest absolute Gasteiger partial charge is 0.481 e. The number of thioether (sulfide) groups is 1. The van der Waals surface area contributed by atoms with Crippen molar-refractivity contribution in [3.63, 3.8) is 0 Å².